The molecular formula is C12H13FN4O. The molecule has 1 aromatic rings. The lowest BCUT2D eigenvalue weighted by atomic mass is 10.1. The molecule has 2 amide bonds. The zero-order valence-corrected chi connectivity index (χ0v) is 9.69. The lowest BCUT2D eigenvalue weighted by Crippen LogP contribution is -2.56. The van der Waals surface area contributed by atoms with Gasteiger partial charge in [-0.15, -0.1) is 0 Å². The topological polar surface area (TPSA) is 56.7 Å². The number of benzene rings is 1. The molecule has 3 rings (SSSR count). The Bertz CT molecular complexity index is 495. The van der Waals surface area contributed by atoms with Crippen molar-refractivity contribution in [2.75, 3.05) is 13.1 Å². The van der Waals surface area contributed by atoms with E-state index in [4.69, 9.17) is 0 Å². The van der Waals surface area contributed by atoms with E-state index in [1.54, 1.807) is 12.1 Å². The van der Waals surface area contributed by atoms with E-state index < -0.39 is 6.17 Å². The van der Waals surface area contributed by atoms with Crippen molar-refractivity contribution in [3.63, 3.8) is 0 Å². The molecule has 1 fully saturated rings. The highest BCUT2D eigenvalue weighted by atomic mass is 19.1. The highest BCUT2D eigenvalue weighted by Gasteiger charge is 2.27. The molecule has 0 bridgehead atoms. The number of carbonyl (C=O) groups excluding carboxylic acids is 1. The SMILES string of the molecule is O=C1NC(N2CCC2)=NC(c2ccc(F)cc2)N1. The lowest BCUT2D eigenvalue weighted by Gasteiger charge is -2.36. The van der Waals surface area contributed by atoms with Crippen molar-refractivity contribution in [1.82, 2.24) is 15.5 Å². The Morgan fingerprint density at radius 1 is 1.28 bits per heavy atom. The molecule has 2 aliphatic heterocycles. The average molecular weight is 248 g/mol. The summed E-state index contributed by atoms with van der Waals surface area (Å²) in [6.07, 6.45) is 0.665. The quantitative estimate of drug-likeness (QED) is 0.784. The minimum atomic E-state index is -0.449. The molecule has 1 aromatic carbocycles. The predicted octanol–water partition coefficient (Wildman–Crippen LogP) is 1.20. The number of carbonyl (C=O) groups is 1. The Kier molecular flexibility index (Phi) is 2.62. The third kappa shape index (κ3) is 2.01. The van der Waals surface area contributed by atoms with E-state index in [0.717, 1.165) is 25.1 Å². The van der Waals surface area contributed by atoms with Gasteiger partial charge in [-0.05, 0) is 24.1 Å². The first-order valence-corrected chi connectivity index (χ1v) is 5.88. The fourth-order valence-electron chi connectivity index (χ4n) is 1.94. The van der Waals surface area contributed by atoms with Crippen molar-refractivity contribution in [3.05, 3.63) is 35.6 Å². The van der Waals surface area contributed by atoms with Crippen LogP contribution in [0.1, 0.15) is 18.2 Å². The summed E-state index contributed by atoms with van der Waals surface area (Å²) in [4.78, 5) is 18.0. The zero-order chi connectivity index (χ0) is 12.5. The van der Waals surface area contributed by atoms with Gasteiger partial charge in [-0.1, -0.05) is 12.1 Å². The maximum absolute atomic E-state index is 12.9. The Labute approximate surface area is 104 Å². The maximum atomic E-state index is 12.9. The molecule has 18 heavy (non-hydrogen) atoms. The molecule has 2 N–H and O–H groups in total. The second kappa shape index (κ2) is 4.29. The van der Waals surface area contributed by atoms with E-state index >= 15 is 0 Å². The number of nitrogens with zero attached hydrogens (tertiary/aromatic N) is 2. The van der Waals surface area contributed by atoms with Crippen molar-refractivity contribution in [2.24, 2.45) is 4.99 Å². The summed E-state index contributed by atoms with van der Waals surface area (Å²) in [6, 6.07) is 5.71. The number of aliphatic imine (C=N–C) groups is 1. The van der Waals surface area contributed by atoms with E-state index in [0.29, 0.717) is 5.96 Å². The number of hydrogen-bond donors (Lipinski definition) is 2. The number of amides is 2. The number of guanidine groups is 1. The molecule has 6 heteroatoms. The van der Waals surface area contributed by atoms with Gasteiger partial charge in [-0.25, -0.2) is 14.2 Å². The number of urea groups is 1. The van der Waals surface area contributed by atoms with Crippen molar-refractivity contribution in [3.8, 4) is 0 Å². The van der Waals surface area contributed by atoms with E-state index in [1.165, 1.54) is 12.1 Å². The van der Waals surface area contributed by atoms with Gasteiger partial charge in [-0.3, -0.25) is 5.32 Å². The van der Waals surface area contributed by atoms with Gasteiger partial charge in [0.1, 0.15) is 5.82 Å². The summed E-state index contributed by atoms with van der Waals surface area (Å²) in [6.45, 7) is 1.82. The Hall–Kier alpha value is -2.11. The Balaban J connectivity index is 1.86. The molecule has 1 atom stereocenters. The second-order valence-electron chi connectivity index (χ2n) is 4.35. The number of likely N-dealkylation sites (tertiary alicyclic amines) is 1. The van der Waals surface area contributed by atoms with Crippen LogP contribution in [-0.4, -0.2) is 30.0 Å². The summed E-state index contributed by atoms with van der Waals surface area (Å²) < 4.78 is 12.9. The maximum Gasteiger partial charge on any atom is 0.323 e. The van der Waals surface area contributed by atoms with Gasteiger partial charge < -0.3 is 10.2 Å². The number of hydrogen-bond acceptors (Lipinski definition) is 3. The molecule has 1 saturated heterocycles. The van der Waals surface area contributed by atoms with E-state index in [9.17, 15) is 9.18 Å². The summed E-state index contributed by atoms with van der Waals surface area (Å²) in [7, 11) is 0. The van der Waals surface area contributed by atoms with Gasteiger partial charge >= 0.3 is 6.03 Å². The van der Waals surface area contributed by atoms with Crippen LogP contribution >= 0.6 is 0 Å². The summed E-state index contributed by atoms with van der Waals surface area (Å²) in [5.41, 5.74) is 0.768. The molecule has 1 unspecified atom stereocenters. The van der Waals surface area contributed by atoms with Gasteiger partial charge in [0, 0.05) is 13.1 Å². The highest BCUT2D eigenvalue weighted by molar-refractivity contribution is 5.98. The van der Waals surface area contributed by atoms with Crippen LogP contribution in [0.5, 0.6) is 0 Å². The van der Waals surface area contributed by atoms with Crippen molar-refractivity contribution < 1.29 is 9.18 Å². The molecular weight excluding hydrogens is 235 g/mol. The third-order valence-corrected chi connectivity index (χ3v) is 3.09. The zero-order valence-electron chi connectivity index (χ0n) is 9.69. The summed E-state index contributed by atoms with van der Waals surface area (Å²) >= 11 is 0. The van der Waals surface area contributed by atoms with Crippen LogP contribution in [0.4, 0.5) is 9.18 Å². The lowest BCUT2D eigenvalue weighted by molar-refractivity contribution is 0.231. The average Bonchev–Trinajstić information content (AvgIpc) is 2.26. The fourth-order valence-corrected chi connectivity index (χ4v) is 1.94. The van der Waals surface area contributed by atoms with Gasteiger partial charge in [0.25, 0.3) is 0 Å². The Morgan fingerprint density at radius 2 is 2.00 bits per heavy atom. The largest absolute Gasteiger partial charge is 0.342 e. The smallest absolute Gasteiger partial charge is 0.323 e. The molecule has 0 radical (unpaired) electrons. The normalized spacial score (nSPS) is 22.7. The van der Waals surface area contributed by atoms with Crippen molar-refractivity contribution >= 4 is 12.0 Å². The van der Waals surface area contributed by atoms with E-state index in [-0.39, 0.29) is 11.8 Å². The van der Waals surface area contributed by atoms with Crippen molar-refractivity contribution in [1.29, 1.82) is 0 Å². The van der Waals surface area contributed by atoms with Crippen LogP contribution in [0, 0.1) is 5.82 Å². The van der Waals surface area contributed by atoms with Crippen LogP contribution in [0.15, 0.2) is 29.3 Å². The number of halogens is 1. The van der Waals surface area contributed by atoms with Crippen LogP contribution in [0.3, 0.4) is 0 Å². The predicted molar refractivity (Wildman–Crippen MR) is 64.4 cm³/mol. The molecule has 2 aliphatic rings. The van der Waals surface area contributed by atoms with Crippen LogP contribution in [-0.2, 0) is 0 Å². The van der Waals surface area contributed by atoms with Gasteiger partial charge in [0.2, 0.25) is 5.96 Å². The first-order valence-electron chi connectivity index (χ1n) is 5.88. The molecule has 0 aliphatic carbocycles. The molecule has 94 valence electrons. The molecule has 2 heterocycles. The van der Waals surface area contributed by atoms with E-state index in [1.807, 2.05) is 4.90 Å². The van der Waals surface area contributed by atoms with Gasteiger partial charge in [0.15, 0.2) is 6.17 Å². The summed E-state index contributed by atoms with van der Waals surface area (Å²) in [5.74, 6) is 0.297. The molecule has 0 saturated carbocycles. The summed E-state index contributed by atoms with van der Waals surface area (Å²) in [5, 5.41) is 5.38. The number of nitrogens with one attached hydrogen (secondary N) is 2. The minimum Gasteiger partial charge on any atom is -0.342 e. The van der Waals surface area contributed by atoms with Crippen LogP contribution < -0.4 is 10.6 Å². The van der Waals surface area contributed by atoms with Crippen LogP contribution in [0.2, 0.25) is 0 Å². The standard InChI is InChI=1S/C12H13FN4O/c13-9-4-2-8(3-5-9)10-14-11(16-12(18)15-10)17-6-1-7-17/h2-5,10H,1,6-7H2,(H2,14,15,16,18). The third-order valence-electron chi connectivity index (χ3n) is 3.09. The minimum absolute atomic E-state index is 0.277. The molecule has 0 spiro atoms. The monoisotopic (exact) mass is 248 g/mol. The van der Waals surface area contributed by atoms with Crippen LogP contribution in [0.25, 0.3) is 0 Å². The second-order valence-corrected chi connectivity index (χ2v) is 4.35. The number of rotatable bonds is 1. The van der Waals surface area contributed by atoms with E-state index in [2.05, 4.69) is 15.6 Å². The van der Waals surface area contributed by atoms with Crippen molar-refractivity contribution in [2.45, 2.75) is 12.6 Å². The first-order chi connectivity index (χ1) is 8.72. The first kappa shape index (κ1) is 11.0. The highest BCUT2D eigenvalue weighted by Crippen LogP contribution is 2.19. The fraction of sp³-hybridized carbons (Fsp3) is 0.333. The molecule has 0 aromatic heterocycles. The Morgan fingerprint density at radius 3 is 2.61 bits per heavy atom. The molecule has 5 nitrogen and oxygen atoms in total. The van der Waals surface area contributed by atoms with Gasteiger partial charge in [0.05, 0.1) is 0 Å². The van der Waals surface area contributed by atoms with Gasteiger partial charge in [-0.2, -0.15) is 0 Å².